The lowest BCUT2D eigenvalue weighted by molar-refractivity contribution is -0.150. The van der Waals surface area contributed by atoms with Crippen LogP contribution in [0.2, 0.25) is 0 Å². The average molecular weight is 474 g/mol. The highest BCUT2D eigenvalue weighted by Crippen LogP contribution is 2.11. The number of benzene rings is 2. The number of carbonyl (C=O) groups excluding carboxylic acids is 2. The van der Waals surface area contributed by atoms with Gasteiger partial charge in [0.25, 0.3) is 0 Å². The van der Waals surface area contributed by atoms with Crippen molar-refractivity contribution in [1.29, 1.82) is 0 Å². The van der Waals surface area contributed by atoms with E-state index in [1.165, 1.54) is 5.56 Å². The van der Waals surface area contributed by atoms with Crippen molar-refractivity contribution < 1.29 is 33.7 Å². The molecule has 2 aromatic rings. The molecule has 0 unspecified atom stereocenters. The van der Waals surface area contributed by atoms with Crippen LogP contribution in [0.4, 0.5) is 4.79 Å². The number of rotatable bonds is 9. The first-order valence-electron chi connectivity index (χ1n) is 10.7. The van der Waals surface area contributed by atoms with Crippen molar-refractivity contribution in [2.45, 2.75) is 51.9 Å². The summed E-state index contributed by atoms with van der Waals surface area (Å²) in [5.41, 5.74) is 8.22. The van der Waals surface area contributed by atoms with Crippen molar-refractivity contribution in [2.24, 2.45) is 0 Å². The summed E-state index contributed by atoms with van der Waals surface area (Å²) in [6.45, 7) is 5.44. The Morgan fingerprint density at radius 3 is 2.12 bits per heavy atom. The van der Waals surface area contributed by atoms with Gasteiger partial charge in [0.15, 0.2) is 0 Å². The fourth-order valence-electron chi connectivity index (χ4n) is 2.55. The molecule has 0 radical (unpaired) electrons. The van der Waals surface area contributed by atoms with E-state index in [1.54, 1.807) is 52.1 Å². The van der Waals surface area contributed by atoms with Crippen molar-refractivity contribution in [3.8, 4) is 5.75 Å². The second kappa shape index (κ2) is 14.5. The Morgan fingerprint density at radius 2 is 1.62 bits per heavy atom. The monoisotopic (exact) mass is 473 g/mol. The SMILES string of the molecule is CC(C)(C)OC(=O)N[C@@H](CC(=O)OCc1ccccc1)C(=O)O.COc1ccc(CC[NH-])cc1. The summed E-state index contributed by atoms with van der Waals surface area (Å²) < 4.78 is 15.0. The summed E-state index contributed by atoms with van der Waals surface area (Å²) in [5.74, 6) is -1.19. The van der Waals surface area contributed by atoms with Crippen molar-refractivity contribution >= 4 is 18.0 Å². The lowest BCUT2D eigenvalue weighted by Crippen LogP contribution is -2.44. The van der Waals surface area contributed by atoms with E-state index >= 15 is 0 Å². The summed E-state index contributed by atoms with van der Waals surface area (Å²) in [5, 5.41) is 11.2. The van der Waals surface area contributed by atoms with Gasteiger partial charge in [-0.15, -0.1) is 6.54 Å². The minimum absolute atomic E-state index is 0.0401. The van der Waals surface area contributed by atoms with Gasteiger partial charge in [0.1, 0.15) is 24.0 Å². The van der Waals surface area contributed by atoms with Crippen LogP contribution in [0.25, 0.3) is 5.73 Å². The molecule has 9 nitrogen and oxygen atoms in total. The lowest BCUT2D eigenvalue weighted by atomic mass is 10.1. The molecule has 2 rings (SSSR count). The van der Waals surface area contributed by atoms with Gasteiger partial charge in [0, 0.05) is 0 Å². The molecule has 9 heteroatoms. The maximum atomic E-state index is 11.7. The number of ether oxygens (including phenoxy) is 3. The molecule has 2 aromatic carbocycles. The van der Waals surface area contributed by atoms with Gasteiger partial charge < -0.3 is 30.4 Å². The number of carboxylic acids is 1. The van der Waals surface area contributed by atoms with Crippen LogP contribution in [0, 0.1) is 0 Å². The molecule has 0 bridgehead atoms. The number of hydrogen-bond acceptors (Lipinski definition) is 6. The Balaban J connectivity index is 0.000000437. The molecule has 1 amide bonds. The number of amides is 1. The molecule has 0 aliphatic heterocycles. The largest absolute Gasteiger partial charge is 0.677 e. The van der Waals surface area contributed by atoms with E-state index in [0.29, 0.717) is 6.54 Å². The maximum absolute atomic E-state index is 11.7. The number of hydrogen-bond donors (Lipinski definition) is 2. The van der Waals surface area contributed by atoms with Crippen molar-refractivity contribution in [3.63, 3.8) is 0 Å². The summed E-state index contributed by atoms with van der Waals surface area (Å²) in [6, 6.07) is 15.4. The lowest BCUT2D eigenvalue weighted by Gasteiger charge is -2.21. The Kier molecular flexibility index (Phi) is 12.2. The molecule has 0 spiro atoms. The van der Waals surface area contributed by atoms with Gasteiger partial charge in [-0.25, -0.2) is 9.59 Å². The van der Waals surface area contributed by atoms with Gasteiger partial charge in [-0.1, -0.05) is 42.5 Å². The van der Waals surface area contributed by atoms with Crippen LogP contribution in [0.3, 0.4) is 0 Å². The van der Waals surface area contributed by atoms with Gasteiger partial charge in [-0.05, 0) is 50.5 Å². The van der Waals surface area contributed by atoms with E-state index < -0.39 is 36.1 Å². The second-order valence-corrected chi connectivity index (χ2v) is 8.24. The quantitative estimate of drug-likeness (QED) is 0.516. The third-order valence-corrected chi connectivity index (χ3v) is 4.18. The minimum atomic E-state index is -1.41. The molecule has 3 N–H and O–H groups in total. The first-order valence-corrected chi connectivity index (χ1v) is 10.7. The second-order valence-electron chi connectivity index (χ2n) is 8.24. The Hall–Kier alpha value is -3.59. The van der Waals surface area contributed by atoms with E-state index in [-0.39, 0.29) is 6.61 Å². The Bertz CT molecular complexity index is 894. The molecule has 0 saturated heterocycles. The van der Waals surface area contributed by atoms with Crippen molar-refractivity contribution in [1.82, 2.24) is 5.32 Å². The zero-order chi connectivity index (χ0) is 25.6. The predicted octanol–water partition coefficient (Wildman–Crippen LogP) is 4.39. The zero-order valence-electron chi connectivity index (χ0n) is 20.0. The standard InChI is InChI=1S/C16H21NO6.C9H12NO/c1-16(2,3)23-15(21)17-12(14(19)20)9-13(18)22-10-11-7-5-4-6-8-11;1-11-9-4-2-8(3-5-9)6-7-10/h4-8,12H,9-10H2,1-3H3,(H,17,21)(H,19,20);2-5,10H,6-7H2,1H3/q;-1/t12-;/m0./s1. The topological polar surface area (TPSA) is 135 Å². The van der Waals surface area contributed by atoms with Crippen LogP contribution in [-0.4, -0.2) is 48.4 Å². The van der Waals surface area contributed by atoms with Gasteiger partial charge in [-0.3, -0.25) is 4.79 Å². The molecule has 0 aliphatic carbocycles. The van der Waals surface area contributed by atoms with Crippen molar-refractivity contribution in [3.05, 3.63) is 71.5 Å². The number of carboxylic acid groups (broad SMARTS) is 1. The Labute approximate surface area is 200 Å². The number of nitrogens with one attached hydrogen (secondary N) is 2. The van der Waals surface area contributed by atoms with Crippen LogP contribution in [0.5, 0.6) is 5.75 Å². The summed E-state index contributed by atoms with van der Waals surface area (Å²) in [7, 11) is 1.65. The highest BCUT2D eigenvalue weighted by Gasteiger charge is 2.26. The first kappa shape index (κ1) is 28.4. The van der Waals surface area contributed by atoms with E-state index in [0.717, 1.165) is 17.7 Å². The smallest absolute Gasteiger partial charge is 0.408 e. The van der Waals surface area contributed by atoms with Crippen LogP contribution in [0.15, 0.2) is 54.6 Å². The van der Waals surface area contributed by atoms with E-state index in [2.05, 4.69) is 5.32 Å². The molecule has 0 aliphatic rings. The number of carbonyl (C=O) groups is 3. The Morgan fingerprint density at radius 1 is 1.00 bits per heavy atom. The number of aliphatic carboxylic acids is 1. The summed E-state index contributed by atoms with van der Waals surface area (Å²) >= 11 is 0. The fourth-order valence-corrected chi connectivity index (χ4v) is 2.55. The third-order valence-electron chi connectivity index (χ3n) is 4.18. The van der Waals surface area contributed by atoms with E-state index in [1.807, 2.05) is 30.3 Å². The maximum Gasteiger partial charge on any atom is 0.408 e. The van der Waals surface area contributed by atoms with Gasteiger partial charge in [0.2, 0.25) is 0 Å². The predicted molar refractivity (Wildman–Crippen MR) is 128 cm³/mol. The van der Waals surface area contributed by atoms with E-state index in [9.17, 15) is 14.4 Å². The highest BCUT2D eigenvalue weighted by atomic mass is 16.6. The first-order chi connectivity index (χ1) is 16.0. The van der Waals surface area contributed by atoms with Crippen LogP contribution in [0.1, 0.15) is 38.3 Å². The molecular weight excluding hydrogens is 440 g/mol. The highest BCUT2D eigenvalue weighted by molar-refractivity contribution is 5.85. The molecule has 0 heterocycles. The fraction of sp³-hybridized carbons (Fsp3) is 0.400. The molecular formula is C25H33N2O7-. The normalized spacial score (nSPS) is 11.3. The van der Waals surface area contributed by atoms with Gasteiger partial charge in [0.05, 0.1) is 13.5 Å². The molecule has 0 fully saturated rings. The number of esters is 1. The molecule has 0 aromatic heterocycles. The third kappa shape index (κ3) is 12.4. The molecule has 1 atom stereocenters. The molecule has 34 heavy (non-hydrogen) atoms. The number of methoxy groups -OCH3 is 1. The van der Waals surface area contributed by atoms with Crippen LogP contribution >= 0.6 is 0 Å². The zero-order valence-corrected chi connectivity index (χ0v) is 20.0. The minimum Gasteiger partial charge on any atom is -0.677 e. The number of alkyl carbamates (subject to hydrolysis) is 1. The summed E-state index contributed by atoms with van der Waals surface area (Å²) in [4.78, 5) is 34.4. The van der Waals surface area contributed by atoms with Crippen molar-refractivity contribution in [2.75, 3.05) is 13.7 Å². The van der Waals surface area contributed by atoms with Crippen LogP contribution < -0.4 is 10.1 Å². The molecule has 0 saturated carbocycles. The van der Waals surface area contributed by atoms with Crippen LogP contribution in [-0.2, 0) is 32.1 Å². The van der Waals surface area contributed by atoms with E-state index in [4.69, 9.17) is 25.1 Å². The van der Waals surface area contributed by atoms with Gasteiger partial charge in [-0.2, -0.15) is 0 Å². The van der Waals surface area contributed by atoms with Gasteiger partial charge >= 0.3 is 18.0 Å². The molecule has 186 valence electrons. The average Bonchev–Trinajstić information content (AvgIpc) is 2.78. The summed E-state index contributed by atoms with van der Waals surface area (Å²) in [6.07, 6.45) is -0.563.